The van der Waals surface area contributed by atoms with E-state index in [1.54, 1.807) is 0 Å². The first kappa shape index (κ1) is 16.7. The molecule has 2 aliphatic heterocycles. The fourth-order valence-corrected chi connectivity index (χ4v) is 5.64. The van der Waals surface area contributed by atoms with Gasteiger partial charge in [-0.15, -0.1) is 0 Å². The molecule has 1 atom stereocenters. The second-order valence-electron chi connectivity index (χ2n) is 6.65. The Balaban J connectivity index is 1.80. The molecule has 0 amide bonds. The maximum absolute atomic E-state index is 11.5. The summed E-state index contributed by atoms with van der Waals surface area (Å²) in [7, 11) is -2.75. The Labute approximate surface area is 147 Å². The van der Waals surface area contributed by atoms with Gasteiger partial charge >= 0.3 is 0 Å². The largest absolute Gasteiger partial charge is 0.295 e. The van der Waals surface area contributed by atoms with E-state index >= 15 is 0 Å². The molecule has 0 aromatic heterocycles. The standard InChI is InChI=1S/C16H23IN2O2S/c1-12(2)14-5-3-4-6-15(14)16-9-18(7-8-19(16)17)13-10-22(20,21)11-13/h3-6,12-13,16H,7-11H2,1-2H3. The molecular formula is C16H23IN2O2S. The van der Waals surface area contributed by atoms with E-state index in [-0.39, 0.29) is 6.04 Å². The predicted octanol–water partition coefficient (Wildman–Crippen LogP) is 2.62. The van der Waals surface area contributed by atoms with Gasteiger partial charge in [-0.1, -0.05) is 38.1 Å². The molecule has 0 N–H and O–H groups in total. The number of piperazine rings is 1. The van der Waals surface area contributed by atoms with Gasteiger partial charge in [-0.3, -0.25) is 4.90 Å². The van der Waals surface area contributed by atoms with E-state index in [0.717, 1.165) is 19.6 Å². The first-order chi connectivity index (χ1) is 10.4. The molecule has 1 unspecified atom stereocenters. The van der Waals surface area contributed by atoms with Crippen molar-refractivity contribution < 1.29 is 8.42 Å². The molecule has 0 saturated carbocycles. The molecule has 122 valence electrons. The highest BCUT2D eigenvalue weighted by Crippen LogP contribution is 2.35. The number of sulfone groups is 1. The Bertz CT molecular complexity index is 635. The normalized spacial score (nSPS) is 27.0. The molecule has 2 heterocycles. The molecule has 6 heteroatoms. The van der Waals surface area contributed by atoms with E-state index in [1.807, 2.05) is 0 Å². The molecule has 2 aliphatic rings. The van der Waals surface area contributed by atoms with E-state index in [4.69, 9.17) is 0 Å². The smallest absolute Gasteiger partial charge is 0.153 e. The van der Waals surface area contributed by atoms with Gasteiger partial charge in [0.2, 0.25) is 0 Å². The third-order valence-electron chi connectivity index (χ3n) is 4.73. The highest BCUT2D eigenvalue weighted by Gasteiger charge is 2.40. The highest BCUT2D eigenvalue weighted by atomic mass is 127. The zero-order valence-corrected chi connectivity index (χ0v) is 16.0. The van der Waals surface area contributed by atoms with Gasteiger partial charge in [0.1, 0.15) is 0 Å². The summed E-state index contributed by atoms with van der Waals surface area (Å²) in [5.41, 5.74) is 2.79. The lowest BCUT2D eigenvalue weighted by molar-refractivity contribution is 0.120. The molecule has 1 aromatic rings. The van der Waals surface area contributed by atoms with Gasteiger partial charge in [0.05, 0.1) is 17.5 Å². The summed E-state index contributed by atoms with van der Waals surface area (Å²) in [6, 6.07) is 9.23. The van der Waals surface area contributed by atoms with Crippen molar-refractivity contribution >= 4 is 32.7 Å². The Morgan fingerprint density at radius 1 is 1.18 bits per heavy atom. The zero-order valence-electron chi connectivity index (χ0n) is 13.1. The lowest BCUT2D eigenvalue weighted by Gasteiger charge is -2.45. The van der Waals surface area contributed by atoms with Crippen molar-refractivity contribution in [1.29, 1.82) is 0 Å². The van der Waals surface area contributed by atoms with E-state index < -0.39 is 9.84 Å². The highest BCUT2D eigenvalue weighted by molar-refractivity contribution is 14.1. The fraction of sp³-hybridized carbons (Fsp3) is 0.625. The molecule has 0 radical (unpaired) electrons. The maximum atomic E-state index is 11.5. The van der Waals surface area contributed by atoms with Gasteiger partial charge in [0.25, 0.3) is 0 Å². The molecule has 0 spiro atoms. The second kappa shape index (κ2) is 6.37. The number of benzene rings is 1. The van der Waals surface area contributed by atoms with E-state index in [9.17, 15) is 8.42 Å². The minimum Gasteiger partial charge on any atom is -0.295 e. The monoisotopic (exact) mass is 434 g/mol. The van der Waals surface area contributed by atoms with E-state index in [2.05, 4.69) is 69.0 Å². The summed E-state index contributed by atoms with van der Waals surface area (Å²) < 4.78 is 25.3. The molecule has 3 rings (SSSR count). The zero-order chi connectivity index (χ0) is 15.9. The summed E-state index contributed by atoms with van der Waals surface area (Å²) in [6.07, 6.45) is 0. The van der Waals surface area contributed by atoms with Crippen LogP contribution in [0.25, 0.3) is 0 Å². The summed E-state index contributed by atoms with van der Waals surface area (Å²) in [5.74, 6) is 1.18. The number of rotatable bonds is 3. The van der Waals surface area contributed by atoms with Gasteiger partial charge in [-0.05, 0) is 17.0 Å². The number of hydrogen-bond donors (Lipinski definition) is 0. The molecule has 2 saturated heterocycles. The van der Waals surface area contributed by atoms with Crippen molar-refractivity contribution in [3.05, 3.63) is 35.4 Å². The predicted molar refractivity (Wildman–Crippen MR) is 98.0 cm³/mol. The summed E-state index contributed by atoms with van der Waals surface area (Å²) in [4.78, 5) is 2.37. The maximum Gasteiger partial charge on any atom is 0.153 e. The summed E-state index contributed by atoms with van der Waals surface area (Å²) >= 11 is 2.42. The van der Waals surface area contributed by atoms with Crippen molar-refractivity contribution in [1.82, 2.24) is 8.01 Å². The van der Waals surface area contributed by atoms with Gasteiger partial charge in [-0.25, -0.2) is 11.5 Å². The van der Waals surface area contributed by atoms with Gasteiger partial charge < -0.3 is 0 Å². The second-order valence-corrected chi connectivity index (χ2v) is 10.0. The van der Waals surface area contributed by atoms with Crippen LogP contribution in [0.15, 0.2) is 24.3 Å². The quantitative estimate of drug-likeness (QED) is 0.542. The van der Waals surface area contributed by atoms with Crippen molar-refractivity contribution in [3.63, 3.8) is 0 Å². The van der Waals surface area contributed by atoms with Crippen molar-refractivity contribution in [2.24, 2.45) is 0 Å². The van der Waals surface area contributed by atoms with E-state index in [1.165, 1.54) is 11.1 Å². The molecule has 22 heavy (non-hydrogen) atoms. The molecule has 0 bridgehead atoms. The molecule has 0 aliphatic carbocycles. The van der Waals surface area contributed by atoms with Crippen LogP contribution in [-0.4, -0.2) is 53.6 Å². The van der Waals surface area contributed by atoms with Crippen molar-refractivity contribution in [2.45, 2.75) is 31.8 Å². The lowest BCUT2D eigenvalue weighted by atomic mass is 9.91. The van der Waals surface area contributed by atoms with Crippen molar-refractivity contribution in [2.75, 3.05) is 31.1 Å². The van der Waals surface area contributed by atoms with E-state index in [0.29, 0.717) is 23.5 Å². The van der Waals surface area contributed by atoms with Crippen LogP contribution in [0.4, 0.5) is 0 Å². The average Bonchev–Trinajstić information content (AvgIpc) is 2.45. The van der Waals surface area contributed by atoms with Crippen LogP contribution >= 0.6 is 22.9 Å². The van der Waals surface area contributed by atoms with Crippen LogP contribution in [0.2, 0.25) is 0 Å². The topological polar surface area (TPSA) is 40.6 Å². The van der Waals surface area contributed by atoms with Crippen LogP contribution in [0.1, 0.15) is 36.9 Å². The Morgan fingerprint density at radius 3 is 2.50 bits per heavy atom. The summed E-state index contributed by atoms with van der Waals surface area (Å²) in [6.45, 7) is 7.33. The molecule has 1 aromatic carbocycles. The number of nitrogens with zero attached hydrogens (tertiary/aromatic N) is 2. The van der Waals surface area contributed by atoms with Crippen LogP contribution < -0.4 is 0 Å². The first-order valence-corrected chi connectivity index (χ1v) is 10.6. The molecule has 2 fully saturated rings. The SMILES string of the molecule is CC(C)c1ccccc1C1CN(C2CS(=O)(=O)C2)CCN1I. The van der Waals surface area contributed by atoms with Crippen molar-refractivity contribution in [3.8, 4) is 0 Å². The third kappa shape index (κ3) is 3.34. The number of halogens is 1. The molecule has 4 nitrogen and oxygen atoms in total. The van der Waals surface area contributed by atoms with Crippen LogP contribution in [-0.2, 0) is 9.84 Å². The van der Waals surface area contributed by atoms with Crippen LogP contribution in [0.3, 0.4) is 0 Å². The average molecular weight is 434 g/mol. The van der Waals surface area contributed by atoms with Gasteiger partial charge in [-0.2, -0.15) is 0 Å². The number of hydrogen-bond acceptors (Lipinski definition) is 4. The summed E-state index contributed by atoms with van der Waals surface area (Å²) in [5, 5.41) is 0. The molecular weight excluding hydrogens is 411 g/mol. The van der Waals surface area contributed by atoms with Gasteiger partial charge in [0, 0.05) is 48.5 Å². The minimum atomic E-state index is -2.75. The Kier molecular flexibility index (Phi) is 4.83. The lowest BCUT2D eigenvalue weighted by Crippen LogP contribution is -2.58. The third-order valence-corrected chi connectivity index (χ3v) is 7.67. The Morgan fingerprint density at radius 2 is 1.86 bits per heavy atom. The first-order valence-electron chi connectivity index (χ1n) is 7.83. The fourth-order valence-electron chi connectivity index (χ4n) is 3.45. The van der Waals surface area contributed by atoms with Crippen LogP contribution in [0.5, 0.6) is 0 Å². The van der Waals surface area contributed by atoms with Gasteiger partial charge in [0.15, 0.2) is 9.84 Å². The van der Waals surface area contributed by atoms with Crippen LogP contribution in [0, 0.1) is 0 Å². The Hall–Kier alpha value is -0.180. The minimum absolute atomic E-state index is 0.226.